The Labute approximate surface area is 68.5 Å². The second-order valence-corrected chi connectivity index (χ2v) is 3.82. The molecule has 0 N–H and O–H groups in total. The minimum atomic E-state index is 0.386. The Hall–Kier alpha value is 0.310. The number of rotatable bonds is 6. The Kier molecular flexibility index (Phi) is 7.65. The lowest BCUT2D eigenvalue weighted by Gasteiger charge is -2.10. The molecule has 0 aliphatic carbocycles. The molecule has 0 bridgehead atoms. The van der Waals surface area contributed by atoms with Gasteiger partial charge in [-0.2, -0.15) is 0 Å². The predicted octanol–water partition coefficient (Wildman–Crippen LogP) is 2.90. The quantitative estimate of drug-likeness (QED) is 0.439. The van der Waals surface area contributed by atoms with Gasteiger partial charge in [-0.3, -0.25) is 0 Å². The molecule has 0 aromatic carbocycles. The third-order valence-corrected chi connectivity index (χ3v) is 2.19. The van der Waals surface area contributed by atoms with Gasteiger partial charge in [0, 0.05) is 6.61 Å². The lowest BCUT2D eigenvalue weighted by atomic mass is 10.4. The largest absolute Gasteiger partial charge is 0.368 e. The fourth-order valence-corrected chi connectivity index (χ4v) is 1.34. The maximum absolute atomic E-state index is 5.49. The Morgan fingerprint density at radius 3 is 2.60 bits per heavy atom. The van der Waals surface area contributed by atoms with E-state index in [0.29, 0.717) is 5.44 Å². The van der Waals surface area contributed by atoms with Gasteiger partial charge < -0.3 is 4.74 Å². The van der Waals surface area contributed by atoms with Crippen molar-refractivity contribution in [3.8, 4) is 0 Å². The number of thioether (sulfide) groups is 1. The van der Waals surface area contributed by atoms with Crippen molar-refractivity contribution in [1.29, 1.82) is 0 Å². The molecule has 0 saturated carbocycles. The molecule has 0 spiro atoms. The van der Waals surface area contributed by atoms with E-state index in [1.54, 1.807) is 0 Å². The molecule has 10 heavy (non-hydrogen) atoms. The van der Waals surface area contributed by atoms with Crippen molar-refractivity contribution >= 4 is 11.8 Å². The van der Waals surface area contributed by atoms with Crippen LogP contribution in [0.1, 0.15) is 33.6 Å². The minimum Gasteiger partial charge on any atom is -0.368 e. The smallest absolute Gasteiger partial charge is 0.0999 e. The highest BCUT2D eigenvalue weighted by atomic mass is 32.2. The molecule has 0 radical (unpaired) electrons. The van der Waals surface area contributed by atoms with Crippen LogP contribution in [-0.4, -0.2) is 17.8 Å². The van der Waals surface area contributed by atoms with Gasteiger partial charge in [0.25, 0.3) is 0 Å². The Morgan fingerprint density at radius 1 is 1.40 bits per heavy atom. The van der Waals surface area contributed by atoms with E-state index in [1.807, 2.05) is 11.8 Å². The third kappa shape index (κ3) is 6.43. The molecule has 2 heteroatoms. The van der Waals surface area contributed by atoms with Crippen molar-refractivity contribution in [1.82, 2.24) is 0 Å². The van der Waals surface area contributed by atoms with Crippen LogP contribution in [0, 0.1) is 0 Å². The first-order valence-electron chi connectivity index (χ1n) is 4.04. The van der Waals surface area contributed by atoms with E-state index in [1.165, 1.54) is 12.8 Å². The van der Waals surface area contributed by atoms with Gasteiger partial charge in [0.2, 0.25) is 0 Å². The summed E-state index contributed by atoms with van der Waals surface area (Å²) in [5.41, 5.74) is 0.386. The van der Waals surface area contributed by atoms with E-state index in [-0.39, 0.29) is 0 Å². The third-order valence-electron chi connectivity index (χ3n) is 1.25. The molecule has 1 nitrogen and oxygen atoms in total. The van der Waals surface area contributed by atoms with Gasteiger partial charge in [-0.1, -0.05) is 20.3 Å². The molecular formula is C8H18OS. The molecule has 0 aromatic heterocycles. The van der Waals surface area contributed by atoms with E-state index in [9.17, 15) is 0 Å². The van der Waals surface area contributed by atoms with Crippen LogP contribution in [0.2, 0.25) is 0 Å². The molecule has 0 aliphatic rings. The van der Waals surface area contributed by atoms with E-state index in [4.69, 9.17) is 4.74 Å². The highest BCUT2D eigenvalue weighted by molar-refractivity contribution is 7.99. The minimum absolute atomic E-state index is 0.386. The average molecular weight is 162 g/mol. The van der Waals surface area contributed by atoms with Gasteiger partial charge in [-0.25, -0.2) is 0 Å². The summed E-state index contributed by atoms with van der Waals surface area (Å²) in [6.45, 7) is 7.37. The van der Waals surface area contributed by atoms with Gasteiger partial charge in [0.1, 0.15) is 0 Å². The first-order valence-corrected chi connectivity index (χ1v) is 5.09. The van der Waals surface area contributed by atoms with E-state index in [2.05, 4.69) is 20.8 Å². The second kappa shape index (κ2) is 7.42. The summed E-state index contributed by atoms with van der Waals surface area (Å²) in [5.74, 6) is 1.15. The van der Waals surface area contributed by atoms with E-state index < -0.39 is 0 Å². The Balaban J connectivity index is 2.97. The lowest BCUT2D eigenvalue weighted by molar-refractivity contribution is 0.121. The molecule has 0 heterocycles. The summed E-state index contributed by atoms with van der Waals surface area (Å²) in [4.78, 5) is 0. The summed E-state index contributed by atoms with van der Waals surface area (Å²) < 4.78 is 5.49. The predicted molar refractivity (Wildman–Crippen MR) is 48.5 cm³/mol. The van der Waals surface area contributed by atoms with Gasteiger partial charge >= 0.3 is 0 Å². The summed E-state index contributed by atoms with van der Waals surface area (Å²) in [6.07, 6.45) is 2.41. The summed E-state index contributed by atoms with van der Waals surface area (Å²) >= 11 is 1.86. The average Bonchev–Trinajstić information content (AvgIpc) is 1.89. The molecule has 1 unspecified atom stereocenters. The normalized spacial score (nSPS) is 13.5. The van der Waals surface area contributed by atoms with Crippen molar-refractivity contribution in [3.05, 3.63) is 0 Å². The maximum Gasteiger partial charge on any atom is 0.0999 e. The summed E-state index contributed by atoms with van der Waals surface area (Å²) in [7, 11) is 0. The van der Waals surface area contributed by atoms with Gasteiger partial charge in [0.05, 0.1) is 5.44 Å². The van der Waals surface area contributed by atoms with Crippen molar-refractivity contribution in [2.45, 2.75) is 39.0 Å². The fraction of sp³-hybridized carbons (Fsp3) is 1.00. The van der Waals surface area contributed by atoms with Crippen LogP contribution in [0.5, 0.6) is 0 Å². The Morgan fingerprint density at radius 2 is 2.10 bits per heavy atom. The van der Waals surface area contributed by atoms with Gasteiger partial charge in [0.15, 0.2) is 0 Å². The Bertz CT molecular complexity index is 66.3. The van der Waals surface area contributed by atoms with Gasteiger partial charge in [-0.05, 0) is 19.1 Å². The number of hydrogen-bond acceptors (Lipinski definition) is 2. The van der Waals surface area contributed by atoms with Crippen LogP contribution < -0.4 is 0 Å². The summed E-state index contributed by atoms with van der Waals surface area (Å²) in [6, 6.07) is 0. The van der Waals surface area contributed by atoms with Crippen molar-refractivity contribution in [3.63, 3.8) is 0 Å². The van der Waals surface area contributed by atoms with E-state index >= 15 is 0 Å². The van der Waals surface area contributed by atoms with Crippen LogP contribution >= 0.6 is 11.8 Å². The molecule has 0 aromatic rings. The lowest BCUT2D eigenvalue weighted by Crippen LogP contribution is -2.04. The fourth-order valence-electron chi connectivity index (χ4n) is 0.676. The van der Waals surface area contributed by atoms with Crippen LogP contribution in [0.4, 0.5) is 0 Å². The van der Waals surface area contributed by atoms with Crippen molar-refractivity contribution in [2.75, 3.05) is 12.4 Å². The van der Waals surface area contributed by atoms with Crippen LogP contribution in [0.25, 0.3) is 0 Å². The number of unbranched alkanes of at least 4 members (excludes halogenated alkanes) is 1. The van der Waals surface area contributed by atoms with E-state index in [0.717, 1.165) is 12.4 Å². The van der Waals surface area contributed by atoms with Gasteiger partial charge in [-0.15, -0.1) is 11.8 Å². The number of hydrogen-bond donors (Lipinski definition) is 0. The maximum atomic E-state index is 5.49. The molecule has 0 saturated heterocycles. The number of ether oxygens (including phenoxy) is 1. The molecule has 62 valence electrons. The van der Waals surface area contributed by atoms with Crippen LogP contribution in [-0.2, 0) is 4.74 Å². The highest BCUT2D eigenvalue weighted by Gasteiger charge is 1.98. The van der Waals surface area contributed by atoms with Crippen LogP contribution in [0.15, 0.2) is 0 Å². The SMILES string of the molecule is CCCCOC(C)SCC. The molecule has 0 aliphatic heterocycles. The summed E-state index contributed by atoms with van der Waals surface area (Å²) in [5, 5.41) is 0. The zero-order valence-electron chi connectivity index (χ0n) is 7.22. The first kappa shape index (κ1) is 10.3. The monoisotopic (exact) mass is 162 g/mol. The van der Waals surface area contributed by atoms with Crippen molar-refractivity contribution < 1.29 is 4.74 Å². The first-order chi connectivity index (χ1) is 4.81. The zero-order chi connectivity index (χ0) is 7.82. The molecular weight excluding hydrogens is 144 g/mol. The molecule has 0 fully saturated rings. The second-order valence-electron chi connectivity index (χ2n) is 2.25. The topological polar surface area (TPSA) is 9.23 Å². The van der Waals surface area contributed by atoms with Crippen molar-refractivity contribution in [2.24, 2.45) is 0 Å². The highest BCUT2D eigenvalue weighted by Crippen LogP contribution is 2.10. The molecule has 1 atom stereocenters. The van der Waals surface area contributed by atoms with Crippen LogP contribution in [0.3, 0.4) is 0 Å². The zero-order valence-corrected chi connectivity index (χ0v) is 8.04. The standard InChI is InChI=1S/C8H18OS/c1-4-6-7-9-8(3)10-5-2/h8H,4-7H2,1-3H3. The molecule has 0 amide bonds. The molecule has 0 rings (SSSR count).